The highest BCUT2D eigenvalue weighted by molar-refractivity contribution is 5.80. The van der Waals surface area contributed by atoms with Crippen LogP contribution in [-0.4, -0.2) is 28.9 Å². The van der Waals surface area contributed by atoms with Gasteiger partial charge in [0.25, 0.3) is 0 Å². The first kappa shape index (κ1) is 13.8. The van der Waals surface area contributed by atoms with Gasteiger partial charge in [0, 0.05) is 37.5 Å². The Balaban J connectivity index is 1.92. The number of hydrogen-bond acceptors (Lipinski definition) is 5. The third-order valence-corrected chi connectivity index (χ3v) is 3.31. The number of methoxy groups -OCH3 is 1. The van der Waals surface area contributed by atoms with Gasteiger partial charge in [0.1, 0.15) is 17.9 Å². The van der Waals surface area contributed by atoms with Crippen molar-refractivity contribution in [2.45, 2.75) is 19.7 Å². The van der Waals surface area contributed by atoms with Gasteiger partial charge < -0.3 is 19.1 Å². The molecule has 3 aromatic heterocycles. The normalized spacial score (nSPS) is 11.3. The summed E-state index contributed by atoms with van der Waals surface area (Å²) >= 11 is 0. The van der Waals surface area contributed by atoms with Gasteiger partial charge in [-0.15, -0.1) is 0 Å². The van der Waals surface area contributed by atoms with Crippen LogP contribution in [0.2, 0.25) is 0 Å². The zero-order chi connectivity index (χ0) is 14.7. The Morgan fingerprint density at radius 3 is 3.14 bits per heavy atom. The molecule has 0 saturated heterocycles. The maximum absolute atomic E-state index is 5.22. The number of aromatic nitrogens is 3. The number of fused-ring (bicyclic) bond motifs is 1. The van der Waals surface area contributed by atoms with E-state index >= 15 is 0 Å². The third kappa shape index (κ3) is 2.81. The Bertz CT molecular complexity index is 732. The van der Waals surface area contributed by atoms with Gasteiger partial charge >= 0.3 is 0 Å². The minimum Gasteiger partial charge on any atom is -0.377 e. The molecule has 3 aromatic rings. The second-order valence-electron chi connectivity index (χ2n) is 4.90. The summed E-state index contributed by atoms with van der Waals surface area (Å²) in [6, 6.07) is 5.96. The van der Waals surface area contributed by atoms with Crippen molar-refractivity contribution in [1.29, 1.82) is 0 Å². The van der Waals surface area contributed by atoms with Gasteiger partial charge in [-0.25, -0.2) is 4.98 Å². The first-order valence-corrected chi connectivity index (χ1v) is 6.82. The molecule has 0 fully saturated rings. The zero-order valence-electron chi connectivity index (χ0n) is 12.2. The number of nitrogens with zero attached hydrogens (tertiary/aromatic N) is 3. The van der Waals surface area contributed by atoms with E-state index in [1.54, 1.807) is 13.3 Å². The molecule has 3 rings (SSSR count). The standard InChI is InChI=1S/C15H18N4O2/c1-16-7-11-8-19(15-14(11)4-3-5-17-15)9-12-6-13(10-20-2)21-18-12/h3-6,8,16H,7,9-10H2,1-2H3. The Morgan fingerprint density at radius 1 is 1.43 bits per heavy atom. The Hall–Kier alpha value is -2.18. The molecule has 0 aromatic carbocycles. The van der Waals surface area contributed by atoms with E-state index in [1.807, 2.05) is 19.2 Å². The molecule has 0 radical (unpaired) electrons. The molecule has 1 N–H and O–H groups in total. The zero-order valence-corrected chi connectivity index (χ0v) is 12.2. The summed E-state index contributed by atoms with van der Waals surface area (Å²) in [4.78, 5) is 4.48. The fraction of sp³-hybridized carbons (Fsp3) is 0.333. The molecule has 0 aliphatic carbocycles. The van der Waals surface area contributed by atoms with Crippen LogP contribution in [0.5, 0.6) is 0 Å². The van der Waals surface area contributed by atoms with Gasteiger partial charge in [-0.2, -0.15) is 0 Å². The summed E-state index contributed by atoms with van der Waals surface area (Å²) in [7, 11) is 3.57. The van der Waals surface area contributed by atoms with E-state index in [0.717, 1.165) is 29.0 Å². The molecule has 6 heteroatoms. The molecule has 0 saturated carbocycles. The van der Waals surface area contributed by atoms with Crippen molar-refractivity contribution in [1.82, 2.24) is 20.0 Å². The Labute approximate surface area is 122 Å². The smallest absolute Gasteiger partial charge is 0.162 e. The maximum atomic E-state index is 5.22. The molecule has 0 aliphatic heterocycles. The SMILES string of the molecule is CNCc1cn(Cc2cc(COC)on2)c2ncccc12. The van der Waals surface area contributed by atoms with Crippen molar-refractivity contribution in [3.05, 3.63) is 47.6 Å². The molecule has 6 nitrogen and oxygen atoms in total. The van der Waals surface area contributed by atoms with Crippen molar-refractivity contribution in [3.63, 3.8) is 0 Å². The average Bonchev–Trinajstić information content (AvgIpc) is 3.07. The summed E-state index contributed by atoms with van der Waals surface area (Å²) in [5.74, 6) is 0.729. The summed E-state index contributed by atoms with van der Waals surface area (Å²) in [5.41, 5.74) is 3.04. The van der Waals surface area contributed by atoms with Crippen LogP contribution in [0, 0.1) is 0 Å². The summed E-state index contributed by atoms with van der Waals surface area (Å²) in [6.07, 6.45) is 3.92. The van der Waals surface area contributed by atoms with Crippen molar-refractivity contribution in [2.24, 2.45) is 0 Å². The van der Waals surface area contributed by atoms with E-state index in [2.05, 4.69) is 32.3 Å². The molecular formula is C15H18N4O2. The predicted octanol–water partition coefficient (Wildman–Crippen LogP) is 1.94. The highest BCUT2D eigenvalue weighted by atomic mass is 16.5. The first-order chi connectivity index (χ1) is 10.3. The quantitative estimate of drug-likeness (QED) is 0.750. The number of hydrogen-bond donors (Lipinski definition) is 1. The van der Waals surface area contributed by atoms with Crippen LogP contribution in [0.25, 0.3) is 11.0 Å². The molecule has 0 aliphatic rings. The summed E-state index contributed by atoms with van der Waals surface area (Å²) in [5, 5.41) is 8.41. The number of pyridine rings is 1. The minimum absolute atomic E-state index is 0.433. The molecule has 0 unspecified atom stereocenters. The average molecular weight is 286 g/mol. The van der Waals surface area contributed by atoms with Crippen molar-refractivity contribution in [3.8, 4) is 0 Å². The lowest BCUT2D eigenvalue weighted by molar-refractivity contribution is 0.155. The van der Waals surface area contributed by atoms with E-state index < -0.39 is 0 Å². The molecule has 0 atom stereocenters. The number of ether oxygens (including phenoxy) is 1. The summed E-state index contributed by atoms with van der Waals surface area (Å²) in [6.45, 7) is 1.87. The fourth-order valence-electron chi connectivity index (χ4n) is 2.46. The van der Waals surface area contributed by atoms with Crippen LogP contribution in [0.3, 0.4) is 0 Å². The van der Waals surface area contributed by atoms with Gasteiger partial charge in [0.05, 0.1) is 6.54 Å². The molecular weight excluding hydrogens is 268 g/mol. The minimum atomic E-state index is 0.433. The largest absolute Gasteiger partial charge is 0.377 e. The van der Waals surface area contributed by atoms with Gasteiger partial charge in [-0.05, 0) is 24.7 Å². The van der Waals surface area contributed by atoms with Crippen molar-refractivity contribution in [2.75, 3.05) is 14.2 Å². The highest BCUT2D eigenvalue weighted by Gasteiger charge is 2.11. The van der Waals surface area contributed by atoms with Crippen LogP contribution in [0.4, 0.5) is 0 Å². The van der Waals surface area contributed by atoms with Crippen molar-refractivity contribution >= 4 is 11.0 Å². The molecule has 0 bridgehead atoms. The van der Waals surface area contributed by atoms with Gasteiger partial charge in [0.2, 0.25) is 0 Å². The van der Waals surface area contributed by atoms with Crippen LogP contribution >= 0.6 is 0 Å². The molecule has 3 heterocycles. The van der Waals surface area contributed by atoms with Crippen LogP contribution in [0.1, 0.15) is 17.0 Å². The highest BCUT2D eigenvalue weighted by Crippen LogP contribution is 2.20. The fourth-order valence-corrected chi connectivity index (χ4v) is 2.46. The number of nitrogens with one attached hydrogen (secondary N) is 1. The molecule has 110 valence electrons. The van der Waals surface area contributed by atoms with Crippen LogP contribution < -0.4 is 5.32 Å². The second-order valence-corrected chi connectivity index (χ2v) is 4.90. The predicted molar refractivity (Wildman–Crippen MR) is 78.8 cm³/mol. The Morgan fingerprint density at radius 2 is 2.33 bits per heavy atom. The van der Waals surface area contributed by atoms with Gasteiger partial charge in [-0.1, -0.05) is 5.16 Å². The summed E-state index contributed by atoms with van der Waals surface area (Å²) < 4.78 is 12.4. The monoisotopic (exact) mass is 286 g/mol. The Kier molecular flexibility index (Phi) is 3.98. The van der Waals surface area contributed by atoms with E-state index in [9.17, 15) is 0 Å². The third-order valence-electron chi connectivity index (χ3n) is 3.31. The lowest BCUT2D eigenvalue weighted by Gasteiger charge is -2.00. The first-order valence-electron chi connectivity index (χ1n) is 6.82. The van der Waals surface area contributed by atoms with E-state index in [4.69, 9.17) is 9.26 Å². The lowest BCUT2D eigenvalue weighted by Crippen LogP contribution is -2.04. The van der Waals surface area contributed by atoms with E-state index in [-0.39, 0.29) is 0 Å². The maximum Gasteiger partial charge on any atom is 0.162 e. The van der Waals surface area contributed by atoms with Gasteiger partial charge in [0.15, 0.2) is 5.76 Å². The lowest BCUT2D eigenvalue weighted by atomic mass is 10.2. The molecule has 21 heavy (non-hydrogen) atoms. The van der Waals surface area contributed by atoms with Crippen LogP contribution in [0.15, 0.2) is 35.1 Å². The topological polar surface area (TPSA) is 65.1 Å². The van der Waals surface area contributed by atoms with E-state index in [0.29, 0.717) is 13.2 Å². The molecule has 0 spiro atoms. The van der Waals surface area contributed by atoms with E-state index in [1.165, 1.54) is 5.56 Å². The van der Waals surface area contributed by atoms with Gasteiger partial charge in [-0.3, -0.25) is 0 Å². The molecule has 0 amide bonds. The van der Waals surface area contributed by atoms with Crippen LogP contribution in [-0.2, 0) is 24.4 Å². The second kappa shape index (κ2) is 6.07. The number of rotatable bonds is 6. The van der Waals surface area contributed by atoms with Crippen molar-refractivity contribution < 1.29 is 9.26 Å².